The molecular weight excluding hydrogens is 154 g/mol. The molecule has 0 saturated carbocycles. The predicted octanol–water partition coefficient (Wildman–Crippen LogP) is 1.58. The van der Waals surface area contributed by atoms with Crippen molar-refractivity contribution < 1.29 is 9.15 Å². The first-order valence-electron chi connectivity index (χ1n) is 4.14. The van der Waals surface area contributed by atoms with Crippen molar-refractivity contribution in [1.82, 2.24) is 0 Å². The first-order valence-corrected chi connectivity index (χ1v) is 4.14. The Hall–Kier alpha value is -0.800. The van der Waals surface area contributed by atoms with Gasteiger partial charge < -0.3 is 14.9 Å². The minimum Gasteiger partial charge on any atom is -0.464 e. The van der Waals surface area contributed by atoms with Crippen LogP contribution in [0, 0.1) is 6.92 Å². The van der Waals surface area contributed by atoms with E-state index in [0.29, 0.717) is 19.8 Å². The van der Waals surface area contributed by atoms with E-state index in [4.69, 9.17) is 14.9 Å². The molecule has 0 spiro atoms. The van der Waals surface area contributed by atoms with Crippen LogP contribution in [0.2, 0.25) is 0 Å². The Morgan fingerprint density at radius 2 is 2.33 bits per heavy atom. The van der Waals surface area contributed by atoms with Gasteiger partial charge in [0.25, 0.3) is 0 Å². The quantitative estimate of drug-likeness (QED) is 0.744. The second kappa shape index (κ2) is 4.28. The van der Waals surface area contributed by atoms with Gasteiger partial charge in [0.2, 0.25) is 0 Å². The van der Waals surface area contributed by atoms with Gasteiger partial charge in [0.05, 0.1) is 0 Å². The third-order valence-corrected chi connectivity index (χ3v) is 1.74. The fraction of sp³-hybridized carbons (Fsp3) is 0.556. The summed E-state index contributed by atoms with van der Waals surface area (Å²) >= 11 is 0. The Kier molecular flexibility index (Phi) is 3.31. The molecule has 0 fully saturated rings. The predicted molar refractivity (Wildman–Crippen MR) is 46.7 cm³/mol. The van der Waals surface area contributed by atoms with Crippen molar-refractivity contribution in [2.24, 2.45) is 5.73 Å². The zero-order chi connectivity index (χ0) is 8.97. The molecule has 0 unspecified atom stereocenters. The van der Waals surface area contributed by atoms with Crippen LogP contribution in [0.25, 0.3) is 0 Å². The second-order valence-electron chi connectivity index (χ2n) is 2.64. The summed E-state index contributed by atoms with van der Waals surface area (Å²) in [7, 11) is 0. The summed E-state index contributed by atoms with van der Waals surface area (Å²) in [5.41, 5.74) is 6.55. The molecule has 0 aromatic carbocycles. The van der Waals surface area contributed by atoms with E-state index in [1.54, 1.807) is 0 Å². The highest BCUT2D eigenvalue weighted by molar-refractivity contribution is 5.19. The topological polar surface area (TPSA) is 48.4 Å². The van der Waals surface area contributed by atoms with Crippen molar-refractivity contribution in [3.8, 4) is 0 Å². The van der Waals surface area contributed by atoms with Crippen molar-refractivity contribution in [2.45, 2.75) is 27.0 Å². The first kappa shape index (κ1) is 9.29. The molecule has 12 heavy (non-hydrogen) atoms. The van der Waals surface area contributed by atoms with Gasteiger partial charge >= 0.3 is 0 Å². The minimum atomic E-state index is 0.529. The van der Waals surface area contributed by atoms with Gasteiger partial charge in [-0.2, -0.15) is 0 Å². The lowest BCUT2D eigenvalue weighted by Gasteiger charge is -1.94. The molecule has 0 aliphatic heterocycles. The van der Waals surface area contributed by atoms with Crippen LogP contribution in [0.1, 0.15) is 24.0 Å². The number of nitrogens with two attached hydrogens (primary N) is 1. The number of rotatable bonds is 4. The number of ether oxygens (including phenoxy) is 1. The highest BCUT2D eigenvalue weighted by Gasteiger charge is 2.04. The van der Waals surface area contributed by atoms with Crippen molar-refractivity contribution in [1.29, 1.82) is 0 Å². The third kappa shape index (κ3) is 2.09. The Bertz CT molecular complexity index is 243. The molecule has 3 nitrogen and oxygen atoms in total. The van der Waals surface area contributed by atoms with Crippen molar-refractivity contribution >= 4 is 0 Å². The molecule has 0 atom stereocenters. The van der Waals surface area contributed by atoms with Gasteiger partial charge in [0, 0.05) is 18.7 Å². The average Bonchev–Trinajstić information content (AvgIpc) is 2.43. The fourth-order valence-electron chi connectivity index (χ4n) is 1.06. The minimum absolute atomic E-state index is 0.529. The van der Waals surface area contributed by atoms with Crippen LogP contribution in [-0.4, -0.2) is 6.61 Å². The van der Waals surface area contributed by atoms with E-state index in [9.17, 15) is 0 Å². The lowest BCUT2D eigenvalue weighted by Crippen LogP contribution is -1.95. The lowest BCUT2D eigenvalue weighted by atomic mass is 10.2. The molecular formula is C9H15NO2. The van der Waals surface area contributed by atoms with Gasteiger partial charge in [-0.3, -0.25) is 0 Å². The van der Waals surface area contributed by atoms with Crippen LogP contribution in [0.4, 0.5) is 0 Å². The summed E-state index contributed by atoms with van der Waals surface area (Å²) < 4.78 is 10.6. The Morgan fingerprint density at radius 1 is 1.58 bits per heavy atom. The van der Waals surface area contributed by atoms with Crippen molar-refractivity contribution in [3.63, 3.8) is 0 Å². The third-order valence-electron chi connectivity index (χ3n) is 1.74. The molecule has 1 heterocycles. The molecule has 0 aliphatic carbocycles. The van der Waals surface area contributed by atoms with E-state index in [-0.39, 0.29) is 0 Å². The van der Waals surface area contributed by atoms with Crippen molar-refractivity contribution in [2.75, 3.05) is 6.61 Å². The molecule has 0 aliphatic rings. The maximum absolute atomic E-state index is 5.49. The van der Waals surface area contributed by atoms with E-state index in [1.165, 1.54) is 0 Å². The van der Waals surface area contributed by atoms with Gasteiger partial charge in [-0.1, -0.05) is 0 Å². The summed E-state index contributed by atoms with van der Waals surface area (Å²) in [6.07, 6.45) is 0. The number of furan rings is 1. The molecule has 0 amide bonds. The zero-order valence-electron chi connectivity index (χ0n) is 7.59. The fourth-order valence-corrected chi connectivity index (χ4v) is 1.06. The van der Waals surface area contributed by atoms with E-state index >= 15 is 0 Å². The normalized spacial score (nSPS) is 10.6. The molecule has 0 bridgehead atoms. The molecule has 2 N–H and O–H groups in total. The Morgan fingerprint density at radius 3 is 2.83 bits per heavy atom. The van der Waals surface area contributed by atoms with Crippen molar-refractivity contribution in [3.05, 3.63) is 23.2 Å². The SMILES string of the molecule is CCOCc1cc(CN)c(C)o1. The number of hydrogen-bond acceptors (Lipinski definition) is 3. The number of hydrogen-bond donors (Lipinski definition) is 1. The summed E-state index contributed by atoms with van der Waals surface area (Å²) in [5, 5.41) is 0. The van der Waals surface area contributed by atoms with Gasteiger partial charge in [0.15, 0.2) is 0 Å². The van der Waals surface area contributed by atoms with Gasteiger partial charge in [0.1, 0.15) is 18.1 Å². The smallest absolute Gasteiger partial charge is 0.130 e. The van der Waals surface area contributed by atoms with Crippen LogP contribution < -0.4 is 5.73 Å². The summed E-state index contributed by atoms with van der Waals surface area (Å²) in [6.45, 7) is 5.65. The molecule has 0 saturated heterocycles. The highest BCUT2D eigenvalue weighted by atomic mass is 16.5. The first-order chi connectivity index (χ1) is 5.77. The Balaban J connectivity index is 2.62. The van der Waals surface area contributed by atoms with E-state index in [2.05, 4.69) is 0 Å². The highest BCUT2D eigenvalue weighted by Crippen LogP contribution is 2.14. The summed E-state index contributed by atoms with van der Waals surface area (Å²) in [6, 6.07) is 1.95. The molecule has 1 aromatic heterocycles. The van der Waals surface area contributed by atoms with Crippen LogP contribution in [0.5, 0.6) is 0 Å². The van der Waals surface area contributed by atoms with Crippen LogP contribution in [0.3, 0.4) is 0 Å². The molecule has 0 radical (unpaired) electrons. The van der Waals surface area contributed by atoms with Gasteiger partial charge in [-0.15, -0.1) is 0 Å². The average molecular weight is 169 g/mol. The van der Waals surface area contributed by atoms with E-state index in [1.807, 2.05) is 19.9 Å². The largest absolute Gasteiger partial charge is 0.464 e. The second-order valence-corrected chi connectivity index (χ2v) is 2.64. The number of aryl methyl sites for hydroxylation is 1. The summed E-state index contributed by atoms with van der Waals surface area (Å²) in [4.78, 5) is 0. The van der Waals surface area contributed by atoms with Crippen LogP contribution in [-0.2, 0) is 17.9 Å². The standard InChI is InChI=1S/C9H15NO2/c1-3-11-6-9-4-8(5-10)7(2)12-9/h4H,3,5-6,10H2,1-2H3. The molecule has 1 rings (SSSR count). The van der Waals surface area contributed by atoms with Crippen LogP contribution >= 0.6 is 0 Å². The molecule has 68 valence electrons. The maximum atomic E-state index is 5.49. The molecule has 3 heteroatoms. The maximum Gasteiger partial charge on any atom is 0.130 e. The van der Waals surface area contributed by atoms with E-state index < -0.39 is 0 Å². The van der Waals surface area contributed by atoms with Crippen LogP contribution in [0.15, 0.2) is 10.5 Å². The Labute approximate surface area is 72.5 Å². The zero-order valence-corrected chi connectivity index (χ0v) is 7.59. The monoisotopic (exact) mass is 169 g/mol. The summed E-state index contributed by atoms with van der Waals surface area (Å²) in [5.74, 6) is 1.75. The molecule has 1 aromatic rings. The van der Waals surface area contributed by atoms with Gasteiger partial charge in [-0.05, 0) is 19.9 Å². The lowest BCUT2D eigenvalue weighted by molar-refractivity contribution is 0.117. The van der Waals surface area contributed by atoms with Gasteiger partial charge in [-0.25, -0.2) is 0 Å². The van der Waals surface area contributed by atoms with E-state index in [0.717, 1.165) is 17.1 Å².